The maximum Gasteiger partial charge on any atom is 0.243 e. The third-order valence-electron chi connectivity index (χ3n) is 8.24. The Morgan fingerprint density at radius 3 is 2.25 bits per heavy atom. The van der Waals surface area contributed by atoms with Gasteiger partial charge >= 0.3 is 0 Å². The number of hydrogen-bond acceptors (Lipinski definition) is 7. The van der Waals surface area contributed by atoms with Crippen molar-refractivity contribution in [3.05, 3.63) is 48.0 Å². The van der Waals surface area contributed by atoms with E-state index in [1.165, 1.54) is 0 Å². The SMILES string of the molecule is C#CC[C@H](NC(=O)[C@H](CCCN=C(N)N)NC(=O)[C@H](CCCCN)NC(=O)[C@@H]1CCCN1C(=O)Cc1cccc2ccccc12)C(N)=O. The molecule has 3 rings (SSSR count). The first-order chi connectivity index (χ1) is 23.0. The van der Waals surface area contributed by atoms with Crippen LogP contribution in [0.4, 0.5) is 0 Å². The molecule has 0 spiro atoms. The first-order valence-electron chi connectivity index (χ1n) is 16.2. The number of rotatable bonds is 18. The molecule has 11 N–H and O–H groups in total. The molecular weight excluding hydrogens is 614 g/mol. The molecule has 1 fully saturated rings. The van der Waals surface area contributed by atoms with Crippen LogP contribution in [0.5, 0.6) is 0 Å². The summed E-state index contributed by atoms with van der Waals surface area (Å²) in [6, 6.07) is 9.57. The van der Waals surface area contributed by atoms with Crippen LogP contribution in [0.3, 0.4) is 0 Å². The number of carbonyl (C=O) groups excluding carboxylic acids is 5. The summed E-state index contributed by atoms with van der Waals surface area (Å²) in [7, 11) is 0. The van der Waals surface area contributed by atoms with Crippen molar-refractivity contribution in [2.45, 2.75) is 82.0 Å². The topological polar surface area (TPSA) is 241 Å². The average Bonchev–Trinajstić information content (AvgIpc) is 3.56. The second-order valence-corrected chi connectivity index (χ2v) is 11.8. The highest BCUT2D eigenvalue weighted by Crippen LogP contribution is 2.23. The van der Waals surface area contributed by atoms with Gasteiger partial charge in [0, 0.05) is 19.5 Å². The van der Waals surface area contributed by atoms with Gasteiger partial charge in [-0.15, -0.1) is 12.3 Å². The highest BCUT2D eigenvalue weighted by atomic mass is 16.2. The summed E-state index contributed by atoms with van der Waals surface area (Å²) in [4.78, 5) is 71.4. The van der Waals surface area contributed by atoms with Crippen LogP contribution in [0.15, 0.2) is 47.5 Å². The van der Waals surface area contributed by atoms with E-state index < -0.39 is 47.8 Å². The highest BCUT2D eigenvalue weighted by molar-refractivity contribution is 5.96. The lowest BCUT2D eigenvalue weighted by molar-refractivity contribution is -0.139. The minimum Gasteiger partial charge on any atom is -0.370 e. The molecule has 2 aromatic rings. The Labute approximate surface area is 280 Å². The number of unbranched alkanes of at least 4 members (excludes halogenated alkanes) is 1. The molecule has 0 saturated carbocycles. The van der Waals surface area contributed by atoms with Gasteiger partial charge in [-0.25, -0.2) is 0 Å². The van der Waals surface area contributed by atoms with Crippen molar-refractivity contribution < 1.29 is 24.0 Å². The maximum absolute atomic E-state index is 13.7. The summed E-state index contributed by atoms with van der Waals surface area (Å²) in [5.74, 6) is -0.579. The van der Waals surface area contributed by atoms with Crippen molar-refractivity contribution in [1.29, 1.82) is 0 Å². The number of aliphatic imine (C=N–C) groups is 1. The Balaban J connectivity index is 1.75. The molecular formula is C34H47N9O5. The van der Waals surface area contributed by atoms with Crippen LogP contribution in [-0.2, 0) is 30.4 Å². The van der Waals surface area contributed by atoms with Crippen molar-refractivity contribution in [2.75, 3.05) is 19.6 Å². The fourth-order valence-electron chi connectivity index (χ4n) is 5.74. The lowest BCUT2D eigenvalue weighted by Gasteiger charge is -2.28. The number of nitrogens with one attached hydrogen (secondary N) is 3. The third-order valence-corrected chi connectivity index (χ3v) is 8.24. The molecule has 0 bridgehead atoms. The molecule has 1 aliphatic rings. The fraction of sp³-hybridized carbons (Fsp3) is 0.471. The van der Waals surface area contributed by atoms with Gasteiger partial charge in [-0.3, -0.25) is 29.0 Å². The molecule has 0 unspecified atom stereocenters. The quantitative estimate of drug-likeness (QED) is 0.0475. The van der Waals surface area contributed by atoms with Gasteiger partial charge in [-0.1, -0.05) is 42.5 Å². The number of terminal acetylenes is 1. The van der Waals surface area contributed by atoms with Gasteiger partial charge in [-0.05, 0) is 67.8 Å². The number of nitrogens with zero attached hydrogens (tertiary/aromatic N) is 2. The number of primary amides is 1. The summed E-state index contributed by atoms with van der Waals surface area (Å²) < 4.78 is 0. The van der Waals surface area contributed by atoms with Crippen molar-refractivity contribution in [2.24, 2.45) is 27.9 Å². The minimum atomic E-state index is -1.14. The van der Waals surface area contributed by atoms with Crippen LogP contribution in [0.2, 0.25) is 0 Å². The Morgan fingerprint density at radius 1 is 0.896 bits per heavy atom. The maximum atomic E-state index is 13.7. The molecule has 4 atom stereocenters. The molecule has 0 aromatic heterocycles. The summed E-state index contributed by atoms with van der Waals surface area (Å²) in [5, 5.41) is 10.0. The van der Waals surface area contributed by atoms with Crippen LogP contribution in [0, 0.1) is 12.3 Å². The zero-order valence-corrected chi connectivity index (χ0v) is 27.2. The van der Waals surface area contributed by atoms with E-state index in [0.29, 0.717) is 45.2 Å². The van der Waals surface area contributed by atoms with Crippen LogP contribution in [0.1, 0.15) is 56.9 Å². The standard InChI is InChI=1S/C34H47N9O5/c1-2-10-25(30(36)45)40-31(46)27(16-8-19-39-34(37)38)41-32(47)26(15-5-6-18-35)42-33(48)28-17-9-20-43(28)29(44)21-23-13-7-12-22-11-3-4-14-24(22)23/h1,3-4,7,11-14,25-28H,5-6,8-10,15-21,35H2,(H2,36,45)(H,40,46)(H,41,47)(H,42,48)(H4,37,38,39)/t25-,26-,27-,28-/m0/s1. The number of nitrogens with two attached hydrogens (primary N) is 4. The summed E-state index contributed by atoms with van der Waals surface area (Å²) in [5.41, 5.74) is 22.7. The molecule has 14 heteroatoms. The van der Waals surface area contributed by atoms with E-state index in [2.05, 4.69) is 26.9 Å². The third kappa shape index (κ3) is 11.0. The normalized spacial score (nSPS) is 15.8. The van der Waals surface area contributed by atoms with Gasteiger partial charge in [0.05, 0.1) is 6.42 Å². The Kier molecular flexibility index (Phi) is 14.7. The van der Waals surface area contributed by atoms with E-state index in [1.54, 1.807) is 4.90 Å². The molecule has 5 amide bonds. The predicted molar refractivity (Wildman–Crippen MR) is 184 cm³/mol. The van der Waals surface area contributed by atoms with E-state index in [1.807, 2.05) is 42.5 Å². The van der Waals surface area contributed by atoms with Crippen LogP contribution < -0.4 is 38.9 Å². The lowest BCUT2D eigenvalue weighted by Crippen LogP contribution is -2.57. The molecule has 1 heterocycles. The first kappa shape index (κ1) is 37.3. The Morgan fingerprint density at radius 2 is 1.56 bits per heavy atom. The minimum absolute atomic E-state index is 0.110. The number of guanidine groups is 1. The molecule has 14 nitrogen and oxygen atoms in total. The number of carbonyl (C=O) groups is 5. The summed E-state index contributed by atoms with van der Waals surface area (Å²) >= 11 is 0. The second kappa shape index (κ2) is 18.9. The summed E-state index contributed by atoms with van der Waals surface area (Å²) in [6.07, 6.45) is 8.20. The Hall–Kier alpha value is -5.16. The predicted octanol–water partition coefficient (Wildman–Crippen LogP) is -0.481. The molecule has 2 aromatic carbocycles. The molecule has 1 saturated heterocycles. The van der Waals surface area contributed by atoms with Crippen LogP contribution in [-0.4, -0.2) is 84.2 Å². The fourth-order valence-corrected chi connectivity index (χ4v) is 5.74. The van der Waals surface area contributed by atoms with Crippen molar-refractivity contribution in [3.63, 3.8) is 0 Å². The zero-order valence-electron chi connectivity index (χ0n) is 27.2. The van der Waals surface area contributed by atoms with Crippen LogP contribution in [0.25, 0.3) is 10.8 Å². The molecule has 48 heavy (non-hydrogen) atoms. The van der Waals surface area contributed by atoms with Gasteiger partial charge in [0.25, 0.3) is 0 Å². The zero-order chi connectivity index (χ0) is 35.1. The number of likely N-dealkylation sites (tertiary alicyclic amines) is 1. The molecule has 0 radical (unpaired) electrons. The second-order valence-electron chi connectivity index (χ2n) is 11.8. The average molecular weight is 662 g/mol. The molecule has 258 valence electrons. The Bertz CT molecular complexity index is 1510. The van der Waals surface area contributed by atoms with E-state index in [-0.39, 0.29) is 44.1 Å². The monoisotopic (exact) mass is 661 g/mol. The smallest absolute Gasteiger partial charge is 0.243 e. The van der Waals surface area contributed by atoms with Gasteiger partial charge in [0.15, 0.2) is 5.96 Å². The van der Waals surface area contributed by atoms with Crippen molar-refractivity contribution >= 4 is 46.3 Å². The van der Waals surface area contributed by atoms with Crippen molar-refractivity contribution in [3.8, 4) is 12.3 Å². The number of amides is 5. The first-order valence-corrected chi connectivity index (χ1v) is 16.2. The molecule has 0 aliphatic carbocycles. The van der Waals surface area contributed by atoms with E-state index in [0.717, 1.165) is 16.3 Å². The van der Waals surface area contributed by atoms with E-state index >= 15 is 0 Å². The van der Waals surface area contributed by atoms with Gasteiger partial charge in [0.1, 0.15) is 24.2 Å². The van der Waals surface area contributed by atoms with Gasteiger partial charge in [-0.2, -0.15) is 0 Å². The largest absolute Gasteiger partial charge is 0.370 e. The summed E-state index contributed by atoms with van der Waals surface area (Å²) in [6.45, 7) is 0.996. The van der Waals surface area contributed by atoms with E-state index in [9.17, 15) is 24.0 Å². The number of benzene rings is 2. The number of fused-ring (bicyclic) bond motifs is 1. The number of hydrogen-bond donors (Lipinski definition) is 7. The van der Waals surface area contributed by atoms with Gasteiger partial charge in [0.2, 0.25) is 29.5 Å². The van der Waals surface area contributed by atoms with E-state index in [4.69, 9.17) is 29.4 Å². The van der Waals surface area contributed by atoms with Crippen molar-refractivity contribution in [1.82, 2.24) is 20.9 Å². The lowest BCUT2D eigenvalue weighted by atomic mass is 10.0. The highest BCUT2D eigenvalue weighted by Gasteiger charge is 2.36. The molecule has 1 aliphatic heterocycles. The van der Waals surface area contributed by atoms with Gasteiger partial charge < -0.3 is 43.8 Å². The van der Waals surface area contributed by atoms with Crippen LogP contribution >= 0.6 is 0 Å².